The van der Waals surface area contributed by atoms with Crippen LogP contribution in [0.4, 0.5) is 5.95 Å². The second kappa shape index (κ2) is 6.93. The smallest absolute Gasteiger partial charge is 0.254 e. The topological polar surface area (TPSA) is 82.7 Å². The molecule has 3 N–H and O–H groups in total. The third-order valence-corrected chi connectivity index (χ3v) is 3.76. The van der Waals surface area contributed by atoms with Gasteiger partial charge in [0.25, 0.3) is 5.91 Å². The summed E-state index contributed by atoms with van der Waals surface area (Å²) in [5.74, 6) is 0.352. The molecule has 0 atom stereocenters. The summed E-state index contributed by atoms with van der Waals surface area (Å²) in [6.07, 6.45) is 5.84. The minimum absolute atomic E-state index is 0.122. The lowest BCUT2D eigenvalue weighted by Gasteiger charge is -2.20. The summed E-state index contributed by atoms with van der Waals surface area (Å²) in [6.45, 7) is 6.65. The minimum atomic E-state index is -0.165. The Hall–Kier alpha value is -2.89. The average Bonchev–Trinajstić information content (AvgIpc) is 2.97. The summed E-state index contributed by atoms with van der Waals surface area (Å²) in [4.78, 5) is 23.8. The first-order chi connectivity index (χ1) is 11.9. The van der Waals surface area contributed by atoms with Gasteiger partial charge in [0.15, 0.2) is 0 Å². The first-order valence-electron chi connectivity index (χ1n) is 8.36. The summed E-state index contributed by atoms with van der Waals surface area (Å²) in [5, 5.41) is 7.28. The summed E-state index contributed by atoms with van der Waals surface area (Å²) in [6, 6.07) is 8.14. The monoisotopic (exact) mass is 337 g/mol. The van der Waals surface area contributed by atoms with Crippen LogP contribution in [-0.4, -0.2) is 32.9 Å². The van der Waals surface area contributed by atoms with Crippen molar-refractivity contribution in [2.75, 3.05) is 11.9 Å². The summed E-state index contributed by atoms with van der Waals surface area (Å²) in [7, 11) is 0. The Labute approximate surface area is 147 Å². The molecule has 0 saturated carbocycles. The fourth-order valence-electron chi connectivity index (χ4n) is 2.60. The van der Waals surface area contributed by atoms with Crippen LogP contribution >= 0.6 is 0 Å². The van der Waals surface area contributed by atoms with Crippen LogP contribution in [0.3, 0.4) is 0 Å². The molecule has 0 bridgehead atoms. The Morgan fingerprint density at radius 1 is 1.16 bits per heavy atom. The highest BCUT2D eigenvalue weighted by molar-refractivity contribution is 5.93. The number of nitrogens with zero attached hydrogens (tertiary/aromatic N) is 2. The van der Waals surface area contributed by atoms with Gasteiger partial charge in [-0.15, -0.1) is 0 Å². The molecule has 1 amide bonds. The lowest BCUT2D eigenvalue weighted by molar-refractivity contribution is 0.0953. The zero-order valence-corrected chi connectivity index (χ0v) is 14.8. The summed E-state index contributed by atoms with van der Waals surface area (Å²) < 4.78 is 0. The maximum Gasteiger partial charge on any atom is 0.254 e. The number of hydrogen-bond acceptors (Lipinski definition) is 4. The molecule has 0 unspecified atom stereocenters. The molecule has 0 saturated heterocycles. The number of benzene rings is 1. The first-order valence-corrected chi connectivity index (χ1v) is 8.36. The fourth-order valence-corrected chi connectivity index (χ4v) is 2.60. The van der Waals surface area contributed by atoms with Crippen molar-refractivity contribution in [2.45, 2.75) is 32.7 Å². The Morgan fingerprint density at radius 2 is 1.88 bits per heavy atom. The molecule has 3 rings (SSSR count). The number of carbonyl (C=O) groups is 1. The lowest BCUT2D eigenvalue weighted by atomic mass is 10.1. The van der Waals surface area contributed by atoms with Gasteiger partial charge in [0, 0.05) is 41.6 Å². The van der Waals surface area contributed by atoms with Crippen LogP contribution in [0.1, 0.15) is 36.7 Å². The number of anilines is 1. The van der Waals surface area contributed by atoms with Gasteiger partial charge in [-0.2, -0.15) is 0 Å². The predicted molar refractivity (Wildman–Crippen MR) is 99.7 cm³/mol. The maximum atomic E-state index is 12.2. The SMILES string of the molecule is CC(C)(C)Nc1ncc(C(=O)NCCc2c[nH]c3ccccc23)cn1. The Balaban J connectivity index is 1.55. The van der Waals surface area contributed by atoms with Crippen LogP contribution in [-0.2, 0) is 6.42 Å². The number of nitrogens with one attached hydrogen (secondary N) is 3. The van der Waals surface area contributed by atoms with Gasteiger partial charge >= 0.3 is 0 Å². The standard InChI is InChI=1S/C19H23N5O/c1-19(2,3)24-18-22-11-14(12-23-18)17(25)20-9-8-13-10-21-16-7-5-4-6-15(13)16/h4-7,10-12,21H,8-9H2,1-3H3,(H,20,25)(H,22,23,24). The quantitative estimate of drug-likeness (QED) is 0.668. The Kier molecular flexibility index (Phi) is 4.70. The van der Waals surface area contributed by atoms with Crippen LogP contribution in [0, 0.1) is 0 Å². The van der Waals surface area contributed by atoms with Gasteiger partial charge in [-0.3, -0.25) is 4.79 Å². The highest BCUT2D eigenvalue weighted by atomic mass is 16.1. The maximum absolute atomic E-state index is 12.2. The Morgan fingerprint density at radius 3 is 2.60 bits per heavy atom. The number of hydrogen-bond donors (Lipinski definition) is 3. The van der Waals surface area contributed by atoms with E-state index in [0.717, 1.165) is 11.9 Å². The number of amides is 1. The van der Waals surface area contributed by atoms with E-state index in [2.05, 4.69) is 31.7 Å². The molecule has 0 radical (unpaired) electrons. The third-order valence-electron chi connectivity index (χ3n) is 3.76. The Bertz CT molecular complexity index is 861. The molecule has 0 aliphatic heterocycles. The second-order valence-electron chi connectivity index (χ2n) is 7.04. The number of rotatable bonds is 5. The van der Waals surface area contributed by atoms with Gasteiger partial charge in [-0.1, -0.05) is 18.2 Å². The molecule has 130 valence electrons. The van der Waals surface area contributed by atoms with E-state index < -0.39 is 0 Å². The van der Waals surface area contributed by atoms with Crippen molar-refractivity contribution in [1.82, 2.24) is 20.3 Å². The molecule has 3 aromatic rings. The number of fused-ring (bicyclic) bond motifs is 1. The molecule has 2 heterocycles. The predicted octanol–water partition coefficient (Wildman–Crippen LogP) is 3.14. The first kappa shape index (κ1) is 17.0. The van der Waals surface area contributed by atoms with E-state index in [1.807, 2.05) is 45.2 Å². The number of aromatic amines is 1. The molecule has 1 aromatic carbocycles. The van der Waals surface area contributed by atoms with E-state index in [-0.39, 0.29) is 11.4 Å². The lowest BCUT2D eigenvalue weighted by Crippen LogP contribution is -2.28. The van der Waals surface area contributed by atoms with Gasteiger partial charge in [-0.05, 0) is 38.8 Å². The molecule has 6 nitrogen and oxygen atoms in total. The van der Waals surface area contributed by atoms with Crippen LogP contribution in [0.15, 0.2) is 42.9 Å². The highest BCUT2D eigenvalue weighted by Gasteiger charge is 2.12. The van der Waals surface area contributed by atoms with E-state index in [9.17, 15) is 4.79 Å². The number of para-hydroxylation sites is 1. The number of carbonyl (C=O) groups excluding carboxylic acids is 1. The molecular formula is C19H23N5O. The molecule has 2 aromatic heterocycles. The van der Waals surface area contributed by atoms with E-state index in [0.29, 0.717) is 18.1 Å². The summed E-state index contributed by atoms with van der Waals surface area (Å²) >= 11 is 0. The summed E-state index contributed by atoms with van der Waals surface area (Å²) in [5.41, 5.74) is 2.64. The molecule has 0 fully saturated rings. The average molecular weight is 337 g/mol. The number of H-pyrrole nitrogens is 1. The second-order valence-corrected chi connectivity index (χ2v) is 7.04. The minimum Gasteiger partial charge on any atom is -0.361 e. The van der Waals surface area contributed by atoms with E-state index in [4.69, 9.17) is 0 Å². The fraction of sp³-hybridized carbons (Fsp3) is 0.316. The van der Waals surface area contributed by atoms with Crippen LogP contribution < -0.4 is 10.6 Å². The highest BCUT2D eigenvalue weighted by Crippen LogP contribution is 2.17. The molecular weight excluding hydrogens is 314 g/mol. The van der Waals surface area contributed by atoms with Crippen LogP contribution in [0.25, 0.3) is 10.9 Å². The largest absolute Gasteiger partial charge is 0.361 e. The molecule has 0 aliphatic carbocycles. The van der Waals surface area contributed by atoms with Gasteiger partial charge in [0.2, 0.25) is 5.95 Å². The van der Waals surface area contributed by atoms with Crippen LogP contribution in [0.5, 0.6) is 0 Å². The molecule has 0 aliphatic rings. The van der Waals surface area contributed by atoms with Crippen molar-refractivity contribution in [3.63, 3.8) is 0 Å². The van der Waals surface area contributed by atoms with Crippen molar-refractivity contribution in [3.8, 4) is 0 Å². The molecule has 25 heavy (non-hydrogen) atoms. The van der Waals surface area contributed by atoms with Crippen molar-refractivity contribution in [3.05, 3.63) is 54.0 Å². The zero-order chi connectivity index (χ0) is 17.9. The van der Waals surface area contributed by atoms with Gasteiger partial charge in [0.1, 0.15) is 0 Å². The third kappa shape index (κ3) is 4.35. The van der Waals surface area contributed by atoms with E-state index >= 15 is 0 Å². The van der Waals surface area contributed by atoms with E-state index in [1.54, 1.807) is 12.4 Å². The van der Waals surface area contributed by atoms with Gasteiger partial charge in [0.05, 0.1) is 5.56 Å². The normalized spacial score (nSPS) is 11.5. The van der Waals surface area contributed by atoms with Crippen molar-refractivity contribution in [1.29, 1.82) is 0 Å². The van der Waals surface area contributed by atoms with Crippen molar-refractivity contribution in [2.24, 2.45) is 0 Å². The molecule has 6 heteroatoms. The van der Waals surface area contributed by atoms with Gasteiger partial charge < -0.3 is 15.6 Å². The van der Waals surface area contributed by atoms with Crippen molar-refractivity contribution >= 4 is 22.8 Å². The number of aromatic nitrogens is 3. The zero-order valence-electron chi connectivity index (χ0n) is 14.8. The van der Waals surface area contributed by atoms with Gasteiger partial charge in [-0.25, -0.2) is 9.97 Å². The van der Waals surface area contributed by atoms with E-state index in [1.165, 1.54) is 10.9 Å². The van der Waals surface area contributed by atoms with Crippen LogP contribution in [0.2, 0.25) is 0 Å². The van der Waals surface area contributed by atoms with Crippen molar-refractivity contribution < 1.29 is 4.79 Å². The molecule has 0 spiro atoms.